The molecule has 3 rings (SSSR count). The zero-order chi connectivity index (χ0) is 15.4. The van der Waals surface area contributed by atoms with Crippen molar-refractivity contribution in [2.75, 3.05) is 6.61 Å². The van der Waals surface area contributed by atoms with Crippen molar-refractivity contribution >= 4 is 5.97 Å². The molecule has 6 heteroatoms. The van der Waals surface area contributed by atoms with Gasteiger partial charge in [0, 0.05) is 11.8 Å². The summed E-state index contributed by atoms with van der Waals surface area (Å²) in [6, 6.07) is 13.1. The second-order valence-corrected chi connectivity index (χ2v) is 4.50. The van der Waals surface area contributed by atoms with E-state index in [1.54, 1.807) is 30.1 Å². The van der Waals surface area contributed by atoms with Gasteiger partial charge in [0.05, 0.1) is 18.5 Å². The van der Waals surface area contributed by atoms with Crippen LogP contribution in [0, 0.1) is 0 Å². The molecular formula is C16H14N4O2. The largest absolute Gasteiger partial charge is 0.461 e. The molecule has 0 aliphatic carbocycles. The number of ether oxygens (including phenoxy) is 1. The summed E-state index contributed by atoms with van der Waals surface area (Å²) >= 11 is 0. The zero-order valence-electron chi connectivity index (χ0n) is 12.0. The smallest absolute Gasteiger partial charge is 0.361 e. The van der Waals surface area contributed by atoms with Gasteiger partial charge in [0.2, 0.25) is 0 Å². The fourth-order valence-corrected chi connectivity index (χ4v) is 2.13. The first kappa shape index (κ1) is 13.9. The number of nitrogens with zero attached hydrogens (tertiary/aromatic N) is 4. The number of carbonyl (C=O) groups is 1. The van der Waals surface area contributed by atoms with Crippen LogP contribution in [0.4, 0.5) is 0 Å². The Morgan fingerprint density at radius 2 is 2.00 bits per heavy atom. The Balaban J connectivity index is 2.18. The predicted octanol–water partition coefficient (Wildman–Crippen LogP) is 2.51. The zero-order valence-corrected chi connectivity index (χ0v) is 12.0. The molecule has 0 atom stereocenters. The molecule has 0 N–H and O–H groups in total. The molecule has 3 aromatic rings. The van der Waals surface area contributed by atoms with Crippen molar-refractivity contribution in [3.8, 4) is 16.9 Å². The van der Waals surface area contributed by atoms with Crippen LogP contribution in [0.1, 0.15) is 17.4 Å². The van der Waals surface area contributed by atoms with Crippen LogP contribution in [0.5, 0.6) is 0 Å². The summed E-state index contributed by atoms with van der Waals surface area (Å²) in [7, 11) is 0. The van der Waals surface area contributed by atoms with Gasteiger partial charge in [-0.15, -0.1) is 5.10 Å². The number of hydrogen-bond acceptors (Lipinski definition) is 5. The van der Waals surface area contributed by atoms with Crippen molar-refractivity contribution in [3.63, 3.8) is 0 Å². The highest BCUT2D eigenvalue weighted by Crippen LogP contribution is 2.25. The lowest BCUT2D eigenvalue weighted by molar-refractivity contribution is 0.0520. The van der Waals surface area contributed by atoms with E-state index in [1.807, 2.05) is 36.4 Å². The third-order valence-electron chi connectivity index (χ3n) is 3.08. The normalized spacial score (nSPS) is 10.4. The summed E-state index contributed by atoms with van der Waals surface area (Å²) in [6.45, 7) is 2.04. The van der Waals surface area contributed by atoms with Crippen LogP contribution in [-0.4, -0.2) is 32.6 Å². The summed E-state index contributed by atoms with van der Waals surface area (Å²) in [5.41, 5.74) is 2.34. The van der Waals surface area contributed by atoms with Gasteiger partial charge < -0.3 is 4.74 Å². The Morgan fingerprint density at radius 3 is 2.68 bits per heavy atom. The van der Waals surface area contributed by atoms with E-state index in [0.29, 0.717) is 5.69 Å². The molecule has 110 valence electrons. The molecule has 0 aliphatic rings. The number of pyridine rings is 1. The highest BCUT2D eigenvalue weighted by atomic mass is 16.5. The van der Waals surface area contributed by atoms with Crippen LogP contribution in [-0.2, 0) is 4.74 Å². The van der Waals surface area contributed by atoms with E-state index < -0.39 is 5.97 Å². The minimum atomic E-state index is -0.489. The van der Waals surface area contributed by atoms with Crippen LogP contribution < -0.4 is 0 Å². The summed E-state index contributed by atoms with van der Waals surface area (Å²) in [6.07, 6.45) is 3.34. The van der Waals surface area contributed by atoms with E-state index >= 15 is 0 Å². The quantitative estimate of drug-likeness (QED) is 0.691. The molecule has 0 bridgehead atoms. The molecule has 0 aliphatic heterocycles. The van der Waals surface area contributed by atoms with Gasteiger partial charge in [-0.2, -0.15) is 0 Å². The molecular weight excluding hydrogens is 280 g/mol. The maximum Gasteiger partial charge on any atom is 0.361 e. The molecule has 0 spiro atoms. The van der Waals surface area contributed by atoms with Crippen molar-refractivity contribution in [2.24, 2.45) is 0 Å². The third kappa shape index (κ3) is 2.58. The van der Waals surface area contributed by atoms with Crippen molar-refractivity contribution in [2.45, 2.75) is 6.92 Å². The van der Waals surface area contributed by atoms with Gasteiger partial charge in [-0.05, 0) is 19.1 Å². The Morgan fingerprint density at radius 1 is 1.18 bits per heavy atom. The first-order chi connectivity index (χ1) is 10.8. The second-order valence-electron chi connectivity index (χ2n) is 4.50. The van der Waals surface area contributed by atoms with Crippen LogP contribution in [0.3, 0.4) is 0 Å². The highest BCUT2D eigenvalue weighted by molar-refractivity contribution is 5.94. The maximum atomic E-state index is 12.1. The van der Waals surface area contributed by atoms with Gasteiger partial charge in [0.1, 0.15) is 5.69 Å². The van der Waals surface area contributed by atoms with Gasteiger partial charge in [-0.3, -0.25) is 4.98 Å². The molecule has 0 amide bonds. The van der Waals surface area contributed by atoms with Crippen molar-refractivity contribution < 1.29 is 9.53 Å². The lowest BCUT2D eigenvalue weighted by atomic mass is 10.1. The van der Waals surface area contributed by atoms with E-state index in [4.69, 9.17) is 4.74 Å². The number of carbonyl (C=O) groups excluding carboxylic acids is 1. The first-order valence-electron chi connectivity index (χ1n) is 6.90. The van der Waals surface area contributed by atoms with Crippen LogP contribution in [0.2, 0.25) is 0 Å². The fraction of sp³-hybridized carbons (Fsp3) is 0.125. The minimum absolute atomic E-state index is 0.192. The van der Waals surface area contributed by atoms with E-state index in [-0.39, 0.29) is 12.3 Å². The van der Waals surface area contributed by atoms with E-state index in [1.165, 1.54) is 0 Å². The van der Waals surface area contributed by atoms with E-state index in [0.717, 1.165) is 11.3 Å². The number of esters is 1. The lowest BCUT2D eigenvalue weighted by Crippen LogP contribution is -2.08. The molecule has 2 aromatic heterocycles. The topological polar surface area (TPSA) is 69.9 Å². The lowest BCUT2D eigenvalue weighted by Gasteiger charge is -2.07. The standard InChI is InChI=1S/C16H14N4O2/c1-2-22-16(21)14-15(12-7-4-3-5-8-12)20(19-18-14)13-9-6-10-17-11-13/h3-11H,2H2,1H3. The van der Waals surface area contributed by atoms with Gasteiger partial charge >= 0.3 is 5.97 Å². The SMILES string of the molecule is CCOC(=O)c1nnn(-c2cccnc2)c1-c1ccccc1. The van der Waals surface area contributed by atoms with Crippen LogP contribution in [0.25, 0.3) is 16.9 Å². The molecule has 2 heterocycles. The molecule has 1 aromatic carbocycles. The van der Waals surface area contributed by atoms with E-state index in [2.05, 4.69) is 15.3 Å². The molecule has 22 heavy (non-hydrogen) atoms. The summed E-state index contributed by atoms with van der Waals surface area (Å²) in [5.74, 6) is -0.489. The van der Waals surface area contributed by atoms with E-state index in [9.17, 15) is 4.79 Å². The maximum absolute atomic E-state index is 12.1. The number of hydrogen-bond donors (Lipinski definition) is 0. The first-order valence-corrected chi connectivity index (χ1v) is 6.90. The monoisotopic (exact) mass is 294 g/mol. The highest BCUT2D eigenvalue weighted by Gasteiger charge is 2.22. The van der Waals surface area contributed by atoms with Crippen LogP contribution in [0.15, 0.2) is 54.9 Å². The van der Waals surface area contributed by atoms with Crippen LogP contribution >= 0.6 is 0 Å². The van der Waals surface area contributed by atoms with Gasteiger partial charge in [-0.1, -0.05) is 35.5 Å². The summed E-state index contributed by atoms with van der Waals surface area (Å²) in [5, 5.41) is 8.09. The summed E-state index contributed by atoms with van der Waals surface area (Å²) < 4.78 is 6.66. The molecule has 0 fully saturated rings. The summed E-state index contributed by atoms with van der Waals surface area (Å²) in [4.78, 5) is 16.2. The Labute approximate surface area is 127 Å². The molecule has 6 nitrogen and oxygen atoms in total. The van der Waals surface area contributed by atoms with Gasteiger partial charge in [0.25, 0.3) is 0 Å². The number of aromatic nitrogens is 4. The minimum Gasteiger partial charge on any atom is -0.461 e. The molecule has 0 saturated carbocycles. The molecule has 0 unspecified atom stereocenters. The van der Waals surface area contributed by atoms with Crippen molar-refractivity contribution in [1.29, 1.82) is 0 Å². The Bertz CT molecular complexity index is 769. The second kappa shape index (κ2) is 6.17. The van der Waals surface area contributed by atoms with Gasteiger partial charge in [0.15, 0.2) is 5.69 Å². The molecule has 0 saturated heterocycles. The number of benzene rings is 1. The average Bonchev–Trinajstić information content (AvgIpc) is 3.02. The van der Waals surface area contributed by atoms with Gasteiger partial charge in [-0.25, -0.2) is 9.48 Å². The average molecular weight is 294 g/mol. The Kier molecular flexibility index (Phi) is 3.91. The third-order valence-corrected chi connectivity index (χ3v) is 3.08. The fourth-order valence-electron chi connectivity index (χ4n) is 2.13. The predicted molar refractivity (Wildman–Crippen MR) is 80.5 cm³/mol. The number of rotatable bonds is 4. The van der Waals surface area contributed by atoms with Crippen molar-refractivity contribution in [1.82, 2.24) is 20.0 Å². The Hall–Kier alpha value is -3.02. The molecule has 0 radical (unpaired) electrons. The van der Waals surface area contributed by atoms with Crippen molar-refractivity contribution in [3.05, 3.63) is 60.6 Å².